The molecule has 94 valence electrons. The first-order valence-electron chi connectivity index (χ1n) is 6.00. The molecule has 2 N–H and O–H groups in total. The molecular formula is C12H19N3OS. The smallest absolute Gasteiger partial charge is 0.263 e. The summed E-state index contributed by atoms with van der Waals surface area (Å²) in [6, 6.07) is 0. The minimum Gasteiger partial charge on any atom is -0.351 e. The Bertz CT molecular complexity index is 396. The van der Waals surface area contributed by atoms with Gasteiger partial charge in [0.05, 0.1) is 11.2 Å². The minimum atomic E-state index is 0.0183. The number of hydrogen-bond acceptors (Lipinski definition) is 4. The van der Waals surface area contributed by atoms with Crippen molar-refractivity contribution < 1.29 is 4.79 Å². The monoisotopic (exact) mass is 253 g/mol. The van der Waals surface area contributed by atoms with Crippen LogP contribution in [0, 0.1) is 12.3 Å². The average Bonchev–Trinajstić information content (AvgIpc) is 2.74. The van der Waals surface area contributed by atoms with Crippen LogP contribution in [0.25, 0.3) is 0 Å². The standard InChI is InChI=1S/C12H19N3OS/c1-9-10(17-8-15-9)11(16)14-7-12(2)3-5-13-6-4-12/h8,13H,3-7H2,1-2H3,(H,14,16). The first-order valence-corrected chi connectivity index (χ1v) is 6.88. The Morgan fingerprint density at radius 3 is 2.88 bits per heavy atom. The summed E-state index contributed by atoms with van der Waals surface area (Å²) >= 11 is 1.41. The van der Waals surface area contributed by atoms with E-state index in [9.17, 15) is 4.79 Å². The van der Waals surface area contributed by atoms with Crippen molar-refractivity contribution in [1.29, 1.82) is 0 Å². The molecule has 0 aromatic carbocycles. The zero-order chi connectivity index (χ0) is 12.3. The van der Waals surface area contributed by atoms with Gasteiger partial charge in [0.2, 0.25) is 0 Å². The van der Waals surface area contributed by atoms with Crippen LogP contribution in [0.15, 0.2) is 5.51 Å². The van der Waals surface area contributed by atoms with Crippen molar-refractivity contribution in [2.45, 2.75) is 26.7 Å². The Kier molecular flexibility index (Phi) is 3.79. The molecule has 1 aromatic heterocycles. The first-order chi connectivity index (χ1) is 8.11. The number of hydrogen-bond donors (Lipinski definition) is 2. The molecule has 1 fully saturated rings. The number of carbonyl (C=O) groups is 1. The normalized spacial score (nSPS) is 18.9. The van der Waals surface area contributed by atoms with E-state index in [4.69, 9.17) is 0 Å². The van der Waals surface area contributed by atoms with Gasteiger partial charge in [-0.1, -0.05) is 6.92 Å². The fourth-order valence-corrected chi connectivity index (χ4v) is 2.82. The highest BCUT2D eigenvalue weighted by atomic mass is 32.1. The molecule has 0 saturated carbocycles. The molecule has 17 heavy (non-hydrogen) atoms. The number of piperidine rings is 1. The lowest BCUT2D eigenvalue weighted by atomic mass is 9.81. The molecule has 0 unspecified atom stereocenters. The zero-order valence-corrected chi connectivity index (χ0v) is 11.2. The van der Waals surface area contributed by atoms with Crippen LogP contribution in [-0.4, -0.2) is 30.5 Å². The van der Waals surface area contributed by atoms with E-state index in [0.29, 0.717) is 0 Å². The maximum Gasteiger partial charge on any atom is 0.263 e. The van der Waals surface area contributed by atoms with Crippen LogP contribution >= 0.6 is 11.3 Å². The van der Waals surface area contributed by atoms with Crippen LogP contribution < -0.4 is 10.6 Å². The Balaban J connectivity index is 1.90. The van der Waals surface area contributed by atoms with Crippen molar-refractivity contribution in [3.63, 3.8) is 0 Å². The maximum absolute atomic E-state index is 12.0. The summed E-state index contributed by atoms with van der Waals surface area (Å²) in [4.78, 5) is 16.8. The summed E-state index contributed by atoms with van der Waals surface area (Å²) in [6.07, 6.45) is 2.24. The van der Waals surface area contributed by atoms with Crippen LogP contribution in [0.5, 0.6) is 0 Å². The van der Waals surface area contributed by atoms with Crippen molar-refractivity contribution >= 4 is 17.2 Å². The van der Waals surface area contributed by atoms with Gasteiger partial charge in [0.15, 0.2) is 0 Å². The Labute approximate surface area is 106 Å². The van der Waals surface area contributed by atoms with Crippen molar-refractivity contribution in [3.8, 4) is 0 Å². The van der Waals surface area contributed by atoms with Gasteiger partial charge in [-0.2, -0.15) is 0 Å². The molecule has 1 saturated heterocycles. The highest BCUT2D eigenvalue weighted by Gasteiger charge is 2.27. The number of nitrogens with one attached hydrogen (secondary N) is 2. The summed E-state index contributed by atoms with van der Waals surface area (Å²) in [5.41, 5.74) is 2.78. The lowest BCUT2D eigenvalue weighted by Gasteiger charge is -2.34. The molecule has 1 aliphatic heterocycles. The topological polar surface area (TPSA) is 54.0 Å². The van der Waals surface area contributed by atoms with Gasteiger partial charge >= 0.3 is 0 Å². The van der Waals surface area contributed by atoms with E-state index >= 15 is 0 Å². The van der Waals surface area contributed by atoms with E-state index in [0.717, 1.165) is 43.0 Å². The summed E-state index contributed by atoms with van der Waals surface area (Å²) in [6.45, 7) is 6.97. The second-order valence-corrected chi connectivity index (χ2v) is 5.87. The highest BCUT2D eigenvalue weighted by Crippen LogP contribution is 2.26. The van der Waals surface area contributed by atoms with Crippen molar-refractivity contribution in [3.05, 3.63) is 16.1 Å². The van der Waals surface area contributed by atoms with Crippen LogP contribution in [0.1, 0.15) is 35.1 Å². The Morgan fingerprint density at radius 2 is 2.29 bits per heavy atom. The number of thiazole rings is 1. The molecule has 0 aliphatic carbocycles. The molecule has 2 rings (SSSR count). The summed E-state index contributed by atoms with van der Waals surface area (Å²) in [5.74, 6) is 0.0183. The molecule has 1 aromatic rings. The lowest BCUT2D eigenvalue weighted by Crippen LogP contribution is -2.42. The molecule has 4 nitrogen and oxygen atoms in total. The van der Waals surface area contributed by atoms with Gasteiger partial charge in [-0.3, -0.25) is 4.79 Å². The van der Waals surface area contributed by atoms with Crippen molar-refractivity contribution in [2.24, 2.45) is 5.41 Å². The van der Waals surface area contributed by atoms with Gasteiger partial charge in [0.25, 0.3) is 5.91 Å². The minimum absolute atomic E-state index is 0.0183. The zero-order valence-electron chi connectivity index (χ0n) is 10.4. The van der Waals surface area contributed by atoms with Crippen LogP contribution in [0.2, 0.25) is 0 Å². The second-order valence-electron chi connectivity index (χ2n) is 5.01. The first kappa shape index (κ1) is 12.5. The van der Waals surface area contributed by atoms with E-state index in [1.807, 2.05) is 6.92 Å². The second kappa shape index (κ2) is 5.14. The van der Waals surface area contributed by atoms with Gasteiger partial charge in [-0.05, 0) is 38.3 Å². The number of amides is 1. The van der Waals surface area contributed by atoms with E-state index in [1.54, 1.807) is 5.51 Å². The van der Waals surface area contributed by atoms with Crippen LogP contribution in [0.3, 0.4) is 0 Å². The predicted molar refractivity (Wildman–Crippen MR) is 69.4 cm³/mol. The summed E-state index contributed by atoms with van der Waals surface area (Å²) in [7, 11) is 0. The lowest BCUT2D eigenvalue weighted by molar-refractivity contribution is 0.0925. The highest BCUT2D eigenvalue weighted by molar-refractivity contribution is 7.11. The van der Waals surface area contributed by atoms with Gasteiger partial charge in [0.1, 0.15) is 4.88 Å². The predicted octanol–water partition coefficient (Wildman–Crippen LogP) is 1.57. The van der Waals surface area contributed by atoms with E-state index in [-0.39, 0.29) is 11.3 Å². The van der Waals surface area contributed by atoms with Gasteiger partial charge in [-0.25, -0.2) is 4.98 Å². The quantitative estimate of drug-likeness (QED) is 0.860. The molecule has 5 heteroatoms. The molecule has 0 radical (unpaired) electrons. The molecule has 1 aliphatic rings. The maximum atomic E-state index is 12.0. The molecule has 0 atom stereocenters. The number of aromatic nitrogens is 1. The Hall–Kier alpha value is -0.940. The fraction of sp³-hybridized carbons (Fsp3) is 0.667. The number of aryl methyl sites for hydroxylation is 1. The van der Waals surface area contributed by atoms with Gasteiger partial charge < -0.3 is 10.6 Å². The average molecular weight is 253 g/mol. The molecule has 1 amide bonds. The van der Waals surface area contributed by atoms with E-state index in [1.165, 1.54) is 11.3 Å². The van der Waals surface area contributed by atoms with Gasteiger partial charge in [-0.15, -0.1) is 11.3 Å². The molecule has 0 bridgehead atoms. The van der Waals surface area contributed by atoms with Crippen molar-refractivity contribution in [1.82, 2.24) is 15.6 Å². The third-order valence-electron chi connectivity index (χ3n) is 3.44. The van der Waals surface area contributed by atoms with Crippen LogP contribution in [0.4, 0.5) is 0 Å². The number of nitrogens with zero attached hydrogens (tertiary/aromatic N) is 1. The third kappa shape index (κ3) is 3.04. The number of carbonyl (C=O) groups excluding carboxylic acids is 1. The largest absolute Gasteiger partial charge is 0.351 e. The molecule has 0 spiro atoms. The van der Waals surface area contributed by atoms with E-state index < -0.39 is 0 Å². The van der Waals surface area contributed by atoms with E-state index in [2.05, 4.69) is 22.5 Å². The van der Waals surface area contributed by atoms with Crippen LogP contribution in [-0.2, 0) is 0 Å². The van der Waals surface area contributed by atoms with Gasteiger partial charge in [0, 0.05) is 6.54 Å². The Morgan fingerprint density at radius 1 is 1.59 bits per heavy atom. The fourth-order valence-electron chi connectivity index (χ4n) is 2.10. The summed E-state index contributed by atoms with van der Waals surface area (Å²) in [5, 5.41) is 6.38. The number of rotatable bonds is 3. The third-order valence-corrected chi connectivity index (χ3v) is 4.37. The summed E-state index contributed by atoms with van der Waals surface area (Å²) < 4.78 is 0. The SMILES string of the molecule is Cc1ncsc1C(=O)NCC1(C)CCNCC1. The molecule has 2 heterocycles. The van der Waals surface area contributed by atoms with Crippen molar-refractivity contribution in [2.75, 3.05) is 19.6 Å². The molecular weight excluding hydrogens is 234 g/mol.